The van der Waals surface area contributed by atoms with Gasteiger partial charge in [-0.05, 0) is 56.4 Å². The Balaban J connectivity index is 0.000000223. The van der Waals surface area contributed by atoms with E-state index in [4.69, 9.17) is 10.5 Å². The third kappa shape index (κ3) is 8.69. The number of nitrogens with two attached hydrogens (primary N) is 1. The molecule has 266 valence electrons. The summed E-state index contributed by atoms with van der Waals surface area (Å²) in [6.45, 7) is -0.550. The number of carbonyl (C=O) groups excluding carboxylic acids is 1. The van der Waals surface area contributed by atoms with Crippen molar-refractivity contribution in [1.29, 1.82) is 0 Å². The lowest BCUT2D eigenvalue weighted by molar-refractivity contribution is -0.396. The Bertz CT molecular complexity index is 1500. The third-order valence-corrected chi connectivity index (χ3v) is 10.6. The number of amides is 1. The summed E-state index contributed by atoms with van der Waals surface area (Å²) in [5, 5.41) is 46.0. The molecule has 0 atom stereocenters. The molecule has 3 aliphatic rings. The Kier molecular flexibility index (Phi) is 12.3. The fourth-order valence-corrected chi connectivity index (χ4v) is 8.13. The monoisotopic (exact) mass is 683 g/mol. The number of benzene rings is 2. The predicted molar refractivity (Wildman–Crippen MR) is 179 cm³/mol. The van der Waals surface area contributed by atoms with Crippen LogP contribution in [-0.2, 0) is 22.6 Å². The molecule has 2 aromatic rings. The first-order valence-electron chi connectivity index (χ1n) is 16.9. The van der Waals surface area contributed by atoms with Gasteiger partial charge in [-0.1, -0.05) is 76.0 Å². The number of nitrogens with one attached hydrogen (secondary N) is 1. The van der Waals surface area contributed by atoms with Gasteiger partial charge in [0.05, 0.1) is 14.8 Å². The van der Waals surface area contributed by atoms with Crippen LogP contribution in [0.5, 0.6) is 0 Å². The van der Waals surface area contributed by atoms with Crippen LogP contribution in [0.15, 0.2) is 42.5 Å². The van der Waals surface area contributed by atoms with Crippen molar-refractivity contribution < 1.29 is 34.2 Å². The smallest absolute Gasteiger partial charge is 0.405 e. The van der Waals surface area contributed by atoms with Crippen LogP contribution in [0.1, 0.15) is 107 Å². The molecule has 5 rings (SSSR count). The Hall–Kier alpha value is -4.66. The van der Waals surface area contributed by atoms with Gasteiger partial charge in [0.15, 0.2) is 0 Å². The van der Waals surface area contributed by atoms with Crippen LogP contribution in [-0.4, -0.2) is 43.0 Å². The lowest BCUT2D eigenvalue weighted by Gasteiger charge is -2.55. The van der Waals surface area contributed by atoms with Gasteiger partial charge >= 0.3 is 12.1 Å². The number of nitrogens with zero attached hydrogens (tertiary/aromatic N) is 3. The van der Waals surface area contributed by atoms with Crippen molar-refractivity contribution in [3.63, 3.8) is 0 Å². The number of carbonyl (C=O) groups is 2. The first-order chi connectivity index (χ1) is 23.3. The maximum atomic E-state index is 12.2. The molecule has 3 aliphatic carbocycles. The van der Waals surface area contributed by atoms with Crippen molar-refractivity contribution >= 4 is 29.1 Å². The standard InChI is InChI=1S/C20H28N2O4.C14H17N3O6/c23-18(24)21-20(13-7-2-8-14-20)19(11-5-1-6-12-19)15-16-9-3-4-10-17(16)22(25)26;15-14(7-2-1-3-8-14)13(18)23-9-10-11(16(19)20)5-4-6-12(10)17(21)22/h3-4,9-10,21H,1-2,5-8,11-15H2,(H,23,24);4-6H,1-3,7-9,15H2. The molecule has 0 aromatic heterocycles. The van der Waals surface area contributed by atoms with Crippen molar-refractivity contribution in [2.45, 2.75) is 120 Å². The number of para-hydroxylation sites is 1. The molecule has 1 amide bonds. The van der Waals surface area contributed by atoms with E-state index < -0.39 is 51.0 Å². The molecule has 2 aromatic carbocycles. The molecule has 4 N–H and O–H groups in total. The SMILES string of the molecule is NC1(C(=O)OCc2c([N+](=O)[O-])cccc2[N+](=O)[O-])CCCCC1.O=C(O)NC1(C2(Cc3ccccc3[N+](=O)[O-])CCCCC2)CCCCC1. The van der Waals surface area contributed by atoms with Gasteiger partial charge in [0.1, 0.15) is 17.7 Å². The summed E-state index contributed by atoms with van der Waals surface area (Å²) in [5.41, 5.74) is 3.93. The van der Waals surface area contributed by atoms with Gasteiger partial charge in [0, 0.05) is 29.3 Å². The number of rotatable bonds is 10. The van der Waals surface area contributed by atoms with Crippen molar-refractivity contribution in [2.24, 2.45) is 11.1 Å². The zero-order valence-electron chi connectivity index (χ0n) is 27.6. The van der Waals surface area contributed by atoms with E-state index in [1.54, 1.807) is 12.1 Å². The quantitative estimate of drug-likeness (QED) is 0.128. The van der Waals surface area contributed by atoms with Crippen LogP contribution in [0.25, 0.3) is 0 Å². The molecule has 0 radical (unpaired) electrons. The molecule has 15 nitrogen and oxygen atoms in total. The number of esters is 1. The second kappa shape index (κ2) is 16.2. The van der Waals surface area contributed by atoms with Gasteiger partial charge in [0.25, 0.3) is 17.1 Å². The molecule has 0 bridgehead atoms. The second-order valence-electron chi connectivity index (χ2n) is 13.6. The predicted octanol–water partition coefficient (Wildman–Crippen LogP) is 7.27. The molecule has 0 unspecified atom stereocenters. The average molecular weight is 684 g/mol. The third-order valence-electron chi connectivity index (χ3n) is 10.6. The van der Waals surface area contributed by atoms with E-state index >= 15 is 0 Å². The topological polar surface area (TPSA) is 231 Å². The molecule has 3 fully saturated rings. The first-order valence-corrected chi connectivity index (χ1v) is 16.9. The summed E-state index contributed by atoms with van der Waals surface area (Å²) in [7, 11) is 0. The highest BCUT2D eigenvalue weighted by Gasteiger charge is 2.53. The van der Waals surface area contributed by atoms with E-state index in [2.05, 4.69) is 5.32 Å². The highest BCUT2D eigenvalue weighted by Crippen LogP contribution is 2.53. The minimum absolute atomic E-state index is 0.152. The van der Waals surface area contributed by atoms with E-state index in [1.165, 1.54) is 6.07 Å². The summed E-state index contributed by atoms with van der Waals surface area (Å²) >= 11 is 0. The lowest BCUT2D eigenvalue weighted by Crippen LogP contribution is -2.62. The lowest BCUT2D eigenvalue weighted by atomic mass is 9.54. The van der Waals surface area contributed by atoms with Crippen molar-refractivity contribution in [3.8, 4) is 0 Å². The van der Waals surface area contributed by atoms with Gasteiger partial charge in [0.2, 0.25) is 0 Å². The summed E-state index contributed by atoms with van der Waals surface area (Å²) in [6.07, 6.45) is 13.1. The molecule has 49 heavy (non-hydrogen) atoms. The molecule has 0 aliphatic heterocycles. The second-order valence-corrected chi connectivity index (χ2v) is 13.6. The van der Waals surface area contributed by atoms with Crippen LogP contribution in [0.4, 0.5) is 21.9 Å². The molecular weight excluding hydrogens is 638 g/mol. The number of nitro benzene ring substituents is 3. The molecule has 0 saturated heterocycles. The van der Waals surface area contributed by atoms with Gasteiger partial charge in [-0.3, -0.25) is 35.1 Å². The van der Waals surface area contributed by atoms with Gasteiger partial charge in [-0.2, -0.15) is 0 Å². The number of hydrogen-bond donors (Lipinski definition) is 3. The number of ether oxygens (including phenoxy) is 1. The zero-order valence-corrected chi connectivity index (χ0v) is 27.6. The maximum Gasteiger partial charge on any atom is 0.405 e. The summed E-state index contributed by atoms with van der Waals surface area (Å²) in [4.78, 5) is 55.6. The van der Waals surface area contributed by atoms with Crippen molar-refractivity contribution in [1.82, 2.24) is 5.32 Å². The minimum atomic E-state index is -1.11. The number of nitro groups is 3. The maximum absolute atomic E-state index is 12.2. The van der Waals surface area contributed by atoms with E-state index in [0.29, 0.717) is 19.3 Å². The number of carboxylic acid groups (broad SMARTS) is 1. The molecular formula is C34H45N5O10. The van der Waals surface area contributed by atoms with E-state index in [0.717, 1.165) is 101 Å². The van der Waals surface area contributed by atoms with E-state index in [9.17, 15) is 45.0 Å². The van der Waals surface area contributed by atoms with Gasteiger partial charge < -0.3 is 20.9 Å². The Morgan fingerprint density at radius 2 is 1.18 bits per heavy atom. The van der Waals surface area contributed by atoms with Crippen LogP contribution in [0, 0.1) is 35.8 Å². The average Bonchev–Trinajstić information content (AvgIpc) is 3.08. The van der Waals surface area contributed by atoms with Crippen LogP contribution < -0.4 is 11.1 Å². The Morgan fingerprint density at radius 3 is 1.69 bits per heavy atom. The molecule has 0 spiro atoms. The van der Waals surface area contributed by atoms with Gasteiger partial charge in [-0.25, -0.2) is 4.79 Å². The molecule has 3 saturated carbocycles. The Labute approximate surface area is 284 Å². The fourth-order valence-electron chi connectivity index (χ4n) is 8.13. The molecule has 0 heterocycles. The van der Waals surface area contributed by atoms with Crippen molar-refractivity contribution in [2.75, 3.05) is 0 Å². The van der Waals surface area contributed by atoms with Crippen molar-refractivity contribution in [3.05, 3.63) is 83.9 Å². The number of hydrogen-bond acceptors (Lipinski definition) is 10. The highest BCUT2D eigenvalue weighted by molar-refractivity contribution is 5.80. The highest BCUT2D eigenvalue weighted by atomic mass is 16.6. The van der Waals surface area contributed by atoms with Crippen LogP contribution in [0.2, 0.25) is 0 Å². The van der Waals surface area contributed by atoms with E-state index in [1.807, 2.05) is 12.1 Å². The summed E-state index contributed by atoms with van der Waals surface area (Å²) in [6, 6.07) is 10.4. The largest absolute Gasteiger partial charge is 0.465 e. The fraction of sp³-hybridized carbons (Fsp3) is 0.588. The van der Waals surface area contributed by atoms with Crippen LogP contribution >= 0.6 is 0 Å². The first kappa shape index (κ1) is 37.2. The van der Waals surface area contributed by atoms with Gasteiger partial charge in [-0.15, -0.1) is 0 Å². The molecule has 15 heteroatoms. The summed E-state index contributed by atoms with van der Waals surface area (Å²) in [5.74, 6) is -0.676. The normalized spacial score (nSPS) is 19.3. The minimum Gasteiger partial charge on any atom is -0.465 e. The van der Waals surface area contributed by atoms with Crippen LogP contribution in [0.3, 0.4) is 0 Å². The summed E-state index contributed by atoms with van der Waals surface area (Å²) < 4.78 is 5.08. The zero-order chi connectivity index (χ0) is 35.7. The Morgan fingerprint density at radius 1 is 0.714 bits per heavy atom. The van der Waals surface area contributed by atoms with E-state index in [-0.39, 0.29) is 21.6 Å².